The van der Waals surface area contributed by atoms with E-state index in [-0.39, 0.29) is 29.5 Å². The van der Waals surface area contributed by atoms with E-state index in [1.165, 1.54) is 0 Å². The van der Waals surface area contributed by atoms with Crippen LogP contribution in [0.3, 0.4) is 0 Å². The smallest absolute Gasteiger partial charge is 0.408 e. The molecule has 0 bridgehead atoms. The number of nitrogens with zero attached hydrogens (tertiary/aromatic N) is 1. The average Bonchev–Trinajstić information content (AvgIpc) is 3.53. The number of thiol groups is 1. The Hall–Kier alpha value is -3.00. The van der Waals surface area contributed by atoms with Crippen molar-refractivity contribution in [1.29, 1.82) is 0 Å². The lowest BCUT2D eigenvalue weighted by molar-refractivity contribution is -0.143. The third-order valence-electron chi connectivity index (χ3n) is 6.25. The second-order valence-electron chi connectivity index (χ2n) is 10.9. The molecule has 3 amide bonds. The lowest BCUT2D eigenvalue weighted by atomic mass is 9.98. The van der Waals surface area contributed by atoms with Crippen LogP contribution >= 0.6 is 12.6 Å². The largest absolute Gasteiger partial charge is 0.444 e. The van der Waals surface area contributed by atoms with E-state index < -0.39 is 23.8 Å². The van der Waals surface area contributed by atoms with E-state index in [4.69, 9.17) is 4.74 Å². The van der Waals surface area contributed by atoms with Gasteiger partial charge in [0.1, 0.15) is 17.7 Å². The number of aryl methyl sites for hydroxylation is 2. The molecule has 3 rings (SSSR count). The van der Waals surface area contributed by atoms with Crippen LogP contribution in [0.1, 0.15) is 62.4 Å². The Morgan fingerprint density at radius 3 is 2.19 bits per heavy atom. The van der Waals surface area contributed by atoms with Crippen molar-refractivity contribution in [3.63, 3.8) is 0 Å². The number of carbonyl (C=O) groups excluding carboxylic acids is 3. The van der Waals surface area contributed by atoms with Gasteiger partial charge in [0.05, 0.1) is 0 Å². The zero-order valence-electron chi connectivity index (χ0n) is 22.6. The number of hydrogen-bond acceptors (Lipinski definition) is 5. The van der Waals surface area contributed by atoms with E-state index in [2.05, 4.69) is 30.2 Å². The first kappa shape index (κ1) is 28.6. The summed E-state index contributed by atoms with van der Waals surface area (Å²) in [4.78, 5) is 42.0. The Balaban J connectivity index is 1.96. The maximum absolute atomic E-state index is 14.0. The molecule has 7 nitrogen and oxygen atoms in total. The molecular weight excluding hydrogens is 486 g/mol. The van der Waals surface area contributed by atoms with Gasteiger partial charge >= 0.3 is 6.09 Å². The zero-order chi connectivity index (χ0) is 27.3. The Labute approximate surface area is 225 Å². The molecular formula is C29H39N3O4S. The van der Waals surface area contributed by atoms with Gasteiger partial charge in [-0.25, -0.2) is 4.79 Å². The predicted octanol–water partition coefficient (Wildman–Crippen LogP) is 4.72. The van der Waals surface area contributed by atoms with Crippen LogP contribution in [0.2, 0.25) is 0 Å². The molecule has 0 radical (unpaired) electrons. The second kappa shape index (κ2) is 12.0. The molecule has 1 aliphatic rings. The molecule has 2 N–H and O–H groups in total. The molecule has 1 fully saturated rings. The topological polar surface area (TPSA) is 87.7 Å². The summed E-state index contributed by atoms with van der Waals surface area (Å²) < 4.78 is 5.37. The molecule has 0 spiro atoms. The molecule has 1 aliphatic carbocycles. The van der Waals surface area contributed by atoms with Crippen molar-refractivity contribution in [3.05, 3.63) is 70.8 Å². The Kier molecular flexibility index (Phi) is 9.29. The zero-order valence-corrected chi connectivity index (χ0v) is 23.5. The highest BCUT2D eigenvalue weighted by molar-refractivity contribution is 7.80. The van der Waals surface area contributed by atoms with Crippen LogP contribution in [0.25, 0.3) is 0 Å². The summed E-state index contributed by atoms with van der Waals surface area (Å²) >= 11 is 4.36. The lowest BCUT2D eigenvalue weighted by Gasteiger charge is -2.35. The van der Waals surface area contributed by atoms with Gasteiger partial charge in [0.25, 0.3) is 0 Å². The van der Waals surface area contributed by atoms with Gasteiger partial charge in [0.2, 0.25) is 11.8 Å². The van der Waals surface area contributed by atoms with Gasteiger partial charge in [-0.1, -0.05) is 66.6 Å². The van der Waals surface area contributed by atoms with Gasteiger partial charge in [-0.05, 0) is 58.1 Å². The highest BCUT2D eigenvalue weighted by atomic mass is 32.1. The summed E-state index contributed by atoms with van der Waals surface area (Å²) in [6, 6.07) is 13.7. The molecule has 200 valence electrons. The van der Waals surface area contributed by atoms with Crippen molar-refractivity contribution >= 4 is 30.5 Å². The van der Waals surface area contributed by atoms with Gasteiger partial charge in [0, 0.05) is 18.3 Å². The summed E-state index contributed by atoms with van der Waals surface area (Å²) in [6.07, 6.45) is 0.0882. The maximum atomic E-state index is 14.0. The van der Waals surface area contributed by atoms with Crippen LogP contribution in [0, 0.1) is 19.8 Å². The third kappa shape index (κ3) is 7.99. The molecule has 0 heterocycles. The minimum Gasteiger partial charge on any atom is -0.444 e. The first-order chi connectivity index (χ1) is 17.4. The molecule has 8 heteroatoms. The van der Waals surface area contributed by atoms with E-state index >= 15 is 0 Å². The molecule has 4 atom stereocenters. The minimum atomic E-state index is -0.943. The number of ether oxygens (including phenoxy) is 1. The highest BCUT2D eigenvalue weighted by Gasteiger charge is 2.48. The van der Waals surface area contributed by atoms with Gasteiger partial charge < -0.3 is 20.3 Å². The van der Waals surface area contributed by atoms with Crippen LogP contribution in [0.15, 0.2) is 48.5 Å². The molecule has 0 aliphatic heterocycles. The van der Waals surface area contributed by atoms with Crippen LogP contribution in [-0.2, 0) is 20.9 Å². The van der Waals surface area contributed by atoms with Crippen molar-refractivity contribution in [2.45, 2.75) is 78.2 Å². The van der Waals surface area contributed by atoms with Crippen LogP contribution < -0.4 is 10.6 Å². The summed E-state index contributed by atoms with van der Waals surface area (Å²) in [7, 11) is 0. The summed E-state index contributed by atoms with van der Waals surface area (Å²) in [6.45, 7) is 11.6. The molecule has 0 aromatic heterocycles. The number of benzene rings is 2. The Morgan fingerprint density at radius 1 is 1.08 bits per heavy atom. The predicted molar refractivity (Wildman–Crippen MR) is 148 cm³/mol. The van der Waals surface area contributed by atoms with Crippen molar-refractivity contribution in [2.75, 3.05) is 5.75 Å². The fraction of sp³-hybridized carbons (Fsp3) is 0.483. The number of carbonyl (C=O) groups is 3. The van der Waals surface area contributed by atoms with Crippen molar-refractivity contribution in [2.24, 2.45) is 5.92 Å². The second-order valence-corrected chi connectivity index (χ2v) is 11.3. The van der Waals surface area contributed by atoms with Crippen molar-refractivity contribution in [3.8, 4) is 0 Å². The minimum absolute atomic E-state index is 0.0703. The normalized spacial score (nSPS) is 18.4. The SMILES string of the molecule is Cc1cc(C)cc(C(C(=O)NCc2ccccc2)N(C(=O)C(CS)NC(=O)OC(C)(C)C)C2CC2C)c1. The Morgan fingerprint density at radius 2 is 1.68 bits per heavy atom. The van der Waals surface area contributed by atoms with E-state index in [1.807, 2.05) is 62.4 Å². The monoisotopic (exact) mass is 525 g/mol. The van der Waals surface area contributed by atoms with E-state index in [1.54, 1.807) is 25.7 Å². The number of alkyl carbamates (subject to hydrolysis) is 1. The van der Waals surface area contributed by atoms with Crippen molar-refractivity contribution in [1.82, 2.24) is 15.5 Å². The molecule has 0 saturated heterocycles. The molecule has 1 saturated carbocycles. The third-order valence-corrected chi connectivity index (χ3v) is 6.61. The number of hydrogen-bond donors (Lipinski definition) is 3. The fourth-order valence-corrected chi connectivity index (χ4v) is 4.72. The average molecular weight is 526 g/mol. The molecule has 2 aromatic rings. The number of nitrogens with one attached hydrogen (secondary N) is 2. The summed E-state index contributed by atoms with van der Waals surface area (Å²) in [5.41, 5.74) is 3.01. The lowest BCUT2D eigenvalue weighted by Crippen LogP contribution is -2.54. The van der Waals surface area contributed by atoms with E-state index in [0.717, 1.165) is 28.7 Å². The fourth-order valence-electron chi connectivity index (χ4n) is 4.48. The standard InChI is InChI=1S/C29H39N3O4S/c1-18-12-19(2)14-22(13-18)25(26(33)30-16-21-10-8-7-9-11-21)32(24-15-20(24)3)27(34)23(17-37)31-28(35)36-29(4,5)6/h7-14,20,23-25,37H,15-17H2,1-6H3,(H,30,33)(H,31,35). The van der Waals surface area contributed by atoms with Crippen LogP contribution in [0.5, 0.6) is 0 Å². The summed E-state index contributed by atoms with van der Waals surface area (Å²) in [5, 5.41) is 5.70. The van der Waals surface area contributed by atoms with Gasteiger partial charge in [-0.2, -0.15) is 12.6 Å². The van der Waals surface area contributed by atoms with Gasteiger partial charge in [-0.3, -0.25) is 9.59 Å². The Bertz CT molecular complexity index is 1100. The molecule has 4 unspecified atom stereocenters. The molecule has 37 heavy (non-hydrogen) atoms. The van der Waals surface area contributed by atoms with Crippen LogP contribution in [0.4, 0.5) is 4.79 Å². The quantitative estimate of drug-likeness (QED) is 0.414. The van der Waals surface area contributed by atoms with Gasteiger partial charge in [0.15, 0.2) is 0 Å². The van der Waals surface area contributed by atoms with E-state index in [9.17, 15) is 14.4 Å². The van der Waals surface area contributed by atoms with E-state index in [0.29, 0.717) is 6.54 Å². The van der Waals surface area contributed by atoms with Gasteiger partial charge in [-0.15, -0.1) is 0 Å². The first-order valence-electron chi connectivity index (χ1n) is 12.7. The van der Waals surface area contributed by atoms with Crippen LogP contribution in [-0.4, -0.2) is 46.2 Å². The summed E-state index contributed by atoms with van der Waals surface area (Å²) in [5.74, 6) is -0.312. The first-order valence-corrected chi connectivity index (χ1v) is 13.3. The highest BCUT2D eigenvalue weighted by Crippen LogP contribution is 2.41. The number of amides is 3. The number of rotatable bonds is 9. The maximum Gasteiger partial charge on any atom is 0.408 e. The van der Waals surface area contributed by atoms with Crippen molar-refractivity contribution < 1.29 is 19.1 Å². The molecule has 2 aromatic carbocycles.